The van der Waals surface area contributed by atoms with Crippen molar-refractivity contribution in [3.05, 3.63) is 71.4 Å². The van der Waals surface area contributed by atoms with Gasteiger partial charge in [-0.2, -0.15) is 0 Å². The van der Waals surface area contributed by atoms with Crippen LogP contribution < -0.4 is 10.6 Å². The average molecular weight is 512 g/mol. The second-order valence-electron chi connectivity index (χ2n) is 12.6. The van der Waals surface area contributed by atoms with Crippen molar-refractivity contribution in [1.29, 1.82) is 0 Å². The van der Waals surface area contributed by atoms with Gasteiger partial charge in [0.2, 0.25) is 5.91 Å². The van der Waals surface area contributed by atoms with Gasteiger partial charge in [-0.3, -0.25) is 4.79 Å². The van der Waals surface area contributed by atoms with E-state index in [-0.39, 0.29) is 18.1 Å². The van der Waals surface area contributed by atoms with Crippen molar-refractivity contribution in [2.75, 3.05) is 0 Å². The zero-order valence-electron chi connectivity index (χ0n) is 22.0. The molecule has 0 radical (unpaired) electrons. The smallest absolute Gasteiger partial charge is 0.408 e. The number of aromatic amines is 1. The number of benzene rings is 2. The summed E-state index contributed by atoms with van der Waals surface area (Å²) in [5.41, 5.74) is 3.31. The van der Waals surface area contributed by atoms with Gasteiger partial charge in [0.1, 0.15) is 11.6 Å². The Morgan fingerprint density at radius 2 is 1.68 bits per heavy atom. The van der Waals surface area contributed by atoms with Crippen molar-refractivity contribution in [1.82, 2.24) is 15.6 Å². The number of carbonyl (C=O) groups excluding carboxylic acids is 2. The molecule has 4 fully saturated rings. The fourth-order valence-electron chi connectivity index (χ4n) is 8.31. The van der Waals surface area contributed by atoms with Gasteiger partial charge in [-0.25, -0.2) is 4.79 Å². The van der Waals surface area contributed by atoms with E-state index in [1.165, 1.54) is 43.2 Å². The van der Waals surface area contributed by atoms with Crippen LogP contribution >= 0.6 is 0 Å². The number of carbonyl (C=O) groups is 2. The maximum atomic E-state index is 14.0. The fraction of sp³-hybridized carbons (Fsp3) is 0.500. The molecule has 6 heteroatoms. The Morgan fingerprint density at radius 1 is 0.974 bits per heavy atom. The minimum absolute atomic E-state index is 0.0232. The number of nitrogens with one attached hydrogen (secondary N) is 3. The first kappa shape index (κ1) is 23.8. The molecule has 5 aliphatic rings. The zero-order valence-corrected chi connectivity index (χ0v) is 22.0. The molecule has 2 atom stereocenters. The van der Waals surface area contributed by atoms with Crippen LogP contribution in [0.4, 0.5) is 4.79 Å². The molecule has 5 aliphatic carbocycles. The highest BCUT2D eigenvalue weighted by atomic mass is 16.6. The van der Waals surface area contributed by atoms with Gasteiger partial charge >= 0.3 is 6.09 Å². The number of fused-ring (bicyclic) bond motifs is 2. The number of amides is 2. The van der Waals surface area contributed by atoms with Crippen LogP contribution in [0.5, 0.6) is 0 Å². The van der Waals surface area contributed by atoms with Crippen LogP contribution in [0, 0.1) is 23.7 Å². The lowest BCUT2D eigenvalue weighted by atomic mass is 9.55. The molecule has 6 nitrogen and oxygen atoms in total. The molecule has 38 heavy (non-hydrogen) atoms. The van der Waals surface area contributed by atoms with Crippen molar-refractivity contribution >= 4 is 22.9 Å². The molecule has 8 rings (SSSR count). The molecule has 4 bridgehead atoms. The van der Waals surface area contributed by atoms with E-state index < -0.39 is 11.6 Å². The van der Waals surface area contributed by atoms with Gasteiger partial charge in [-0.05, 0) is 98.3 Å². The first-order chi connectivity index (χ1) is 18.4. The molecule has 2 amide bonds. The number of H-pyrrole nitrogens is 1. The Hall–Kier alpha value is -3.28. The fourth-order valence-corrected chi connectivity index (χ4v) is 8.31. The topological polar surface area (TPSA) is 83.2 Å². The van der Waals surface area contributed by atoms with Gasteiger partial charge in [0.25, 0.3) is 0 Å². The van der Waals surface area contributed by atoms with Crippen molar-refractivity contribution in [2.24, 2.45) is 23.7 Å². The third kappa shape index (κ3) is 4.18. The van der Waals surface area contributed by atoms with E-state index in [1.807, 2.05) is 43.5 Å². The summed E-state index contributed by atoms with van der Waals surface area (Å²) < 4.78 is 6.17. The molecule has 0 aliphatic heterocycles. The lowest BCUT2D eigenvalue weighted by Gasteiger charge is -2.53. The monoisotopic (exact) mass is 511 g/mol. The van der Waals surface area contributed by atoms with E-state index in [9.17, 15) is 9.59 Å². The molecule has 0 spiro atoms. The van der Waals surface area contributed by atoms with Crippen molar-refractivity contribution in [2.45, 2.75) is 76.0 Å². The Labute approximate surface area is 223 Å². The van der Waals surface area contributed by atoms with E-state index in [2.05, 4.69) is 33.8 Å². The van der Waals surface area contributed by atoms with Crippen LogP contribution in [0.3, 0.4) is 0 Å². The summed E-state index contributed by atoms with van der Waals surface area (Å²) in [6, 6.07) is 16.3. The third-order valence-electron chi connectivity index (χ3n) is 9.92. The zero-order chi connectivity index (χ0) is 25.9. The summed E-state index contributed by atoms with van der Waals surface area (Å²) in [5.74, 6) is 2.40. The number of aryl methyl sites for hydroxylation is 1. The molecule has 2 unspecified atom stereocenters. The van der Waals surface area contributed by atoms with Gasteiger partial charge in [0, 0.05) is 23.5 Å². The quantitative estimate of drug-likeness (QED) is 0.390. The molecular formula is C32H37N3O3. The van der Waals surface area contributed by atoms with Crippen molar-refractivity contribution in [3.8, 4) is 0 Å². The Morgan fingerprint density at radius 3 is 2.47 bits per heavy atom. The highest BCUT2D eigenvalue weighted by Crippen LogP contribution is 2.54. The standard InChI is InChI=1S/C32H37N3O3/c1-32(17-24-18-33-27-9-5-4-8-26(24)27,30(36)34-28-11-10-21-6-2-3-7-25(21)28)35-31(37)38-29-22-13-19-12-20(15-22)16-23(29)14-19/h2-9,18-20,22-23,28-29,33H,10-17H2,1H3,(H,34,36)(H,35,37). The first-order valence-electron chi connectivity index (χ1n) is 14.4. The molecule has 198 valence electrons. The van der Waals surface area contributed by atoms with Gasteiger partial charge in [0.05, 0.1) is 6.04 Å². The van der Waals surface area contributed by atoms with Gasteiger partial charge in [0.15, 0.2) is 0 Å². The average Bonchev–Trinajstić information content (AvgIpc) is 3.50. The number of hydrogen-bond acceptors (Lipinski definition) is 3. The van der Waals surface area contributed by atoms with Gasteiger partial charge < -0.3 is 20.4 Å². The van der Waals surface area contributed by atoms with Crippen LogP contribution in [-0.2, 0) is 22.4 Å². The lowest BCUT2D eigenvalue weighted by Crippen LogP contribution is -2.60. The maximum Gasteiger partial charge on any atom is 0.408 e. The highest BCUT2D eigenvalue weighted by Gasteiger charge is 2.50. The maximum absolute atomic E-state index is 14.0. The van der Waals surface area contributed by atoms with E-state index in [0.29, 0.717) is 18.3 Å². The van der Waals surface area contributed by atoms with Crippen LogP contribution in [0.15, 0.2) is 54.7 Å². The van der Waals surface area contributed by atoms with Gasteiger partial charge in [-0.1, -0.05) is 42.5 Å². The third-order valence-corrected chi connectivity index (χ3v) is 9.92. The molecule has 2 aromatic carbocycles. The molecule has 0 saturated heterocycles. The molecule has 3 aromatic rings. The Balaban J connectivity index is 1.13. The first-order valence-corrected chi connectivity index (χ1v) is 14.4. The van der Waals surface area contributed by atoms with E-state index in [1.54, 1.807) is 0 Å². The van der Waals surface area contributed by atoms with E-state index >= 15 is 0 Å². The van der Waals surface area contributed by atoms with Gasteiger partial charge in [-0.15, -0.1) is 0 Å². The van der Waals surface area contributed by atoms with Crippen molar-refractivity contribution < 1.29 is 14.3 Å². The minimum atomic E-state index is -1.16. The predicted molar refractivity (Wildman–Crippen MR) is 147 cm³/mol. The van der Waals surface area contributed by atoms with E-state index in [4.69, 9.17) is 4.74 Å². The second kappa shape index (κ2) is 9.18. The summed E-state index contributed by atoms with van der Waals surface area (Å²) in [7, 11) is 0. The minimum Gasteiger partial charge on any atom is -0.446 e. The van der Waals surface area contributed by atoms with Crippen LogP contribution in [0.25, 0.3) is 10.9 Å². The summed E-state index contributed by atoms with van der Waals surface area (Å²) in [6.45, 7) is 1.84. The van der Waals surface area contributed by atoms with E-state index in [0.717, 1.165) is 41.1 Å². The number of rotatable bonds is 6. The summed E-state index contributed by atoms with van der Waals surface area (Å²) >= 11 is 0. The number of aromatic nitrogens is 1. The predicted octanol–water partition coefficient (Wildman–Crippen LogP) is 5.82. The lowest BCUT2D eigenvalue weighted by molar-refractivity contribution is -0.128. The number of para-hydroxylation sites is 1. The summed E-state index contributed by atoms with van der Waals surface area (Å²) in [4.78, 5) is 30.7. The molecular weight excluding hydrogens is 474 g/mol. The Kier molecular flexibility index (Phi) is 5.75. The Bertz CT molecular complexity index is 1350. The second-order valence-corrected chi connectivity index (χ2v) is 12.6. The highest BCUT2D eigenvalue weighted by molar-refractivity contribution is 5.92. The summed E-state index contributed by atoms with van der Waals surface area (Å²) in [6.07, 6.45) is 9.72. The molecule has 4 saturated carbocycles. The molecule has 3 N–H and O–H groups in total. The number of hydrogen-bond donors (Lipinski definition) is 3. The van der Waals surface area contributed by atoms with Crippen molar-refractivity contribution in [3.63, 3.8) is 0 Å². The summed E-state index contributed by atoms with van der Waals surface area (Å²) in [5, 5.41) is 7.41. The largest absolute Gasteiger partial charge is 0.446 e. The molecule has 1 heterocycles. The SMILES string of the molecule is CC(Cc1c[nH]c2ccccc12)(NC(=O)OC1C2CC3CC(C2)CC1C3)C(=O)NC1CCc2ccccc21. The number of ether oxygens (including phenoxy) is 1. The number of alkyl carbamates (subject to hydrolysis) is 1. The molecule has 1 aromatic heterocycles. The van der Waals surface area contributed by atoms with Crippen LogP contribution in [0.1, 0.15) is 68.2 Å². The van der Waals surface area contributed by atoms with Crippen LogP contribution in [0.2, 0.25) is 0 Å². The normalized spacial score (nSPS) is 30.6. The van der Waals surface area contributed by atoms with Crippen LogP contribution in [-0.4, -0.2) is 28.6 Å².